The number of hydrogen-bond acceptors (Lipinski definition) is 6. The van der Waals surface area contributed by atoms with Crippen molar-refractivity contribution in [1.82, 2.24) is 4.98 Å². The summed E-state index contributed by atoms with van der Waals surface area (Å²) in [6.07, 6.45) is 0. The molecule has 0 aliphatic heterocycles. The van der Waals surface area contributed by atoms with Crippen LogP contribution in [0.2, 0.25) is 0 Å². The Morgan fingerprint density at radius 3 is 2.64 bits per heavy atom. The number of nitrogens with two attached hydrogens (primary N) is 1. The van der Waals surface area contributed by atoms with Crippen LogP contribution in [0, 0.1) is 20.8 Å². The van der Waals surface area contributed by atoms with E-state index in [0.717, 1.165) is 32.6 Å². The SMILES string of the molecule is Cc1ccc(OCC(=O)Nc2c(C)cc3nc(NN)sc3c2C)cc1. The molecule has 0 bridgehead atoms. The molecule has 0 unspecified atom stereocenters. The third-order valence-electron chi connectivity index (χ3n) is 3.90. The van der Waals surface area contributed by atoms with Crippen LogP contribution in [0.1, 0.15) is 16.7 Å². The third-order valence-corrected chi connectivity index (χ3v) is 5.02. The Hall–Kier alpha value is -2.64. The number of ether oxygens (including phenoxy) is 1. The molecule has 0 aliphatic rings. The quantitative estimate of drug-likeness (QED) is 0.481. The highest BCUT2D eigenvalue weighted by Crippen LogP contribution is 2.34. The second-order valence-corrected chi connectivity index (χ2v) is 6.85. The van der Waals surface area contributed by atoms with Gasteiger partial charge >= 0.3 is 0 Å². The number of hydrogen-bond donors (Lipinski definition) is 3. The first-order valence-corrected chi connectivity index (χ1v) is 8.66. The first-order chi connectivity index (χ1) is 12.0. The van der Waals surface area contributed by atoms with Crippen LogP contribution < -0.4 is 21.3 Å². The van der Waals surface area contributed by atoms with Gasteiger partial charge in [0.05, 0.1) is 10.2 Å². The van der Waals surface area contributed by atoms with Crippen molar-refractivity contribution >= 4 is 38.3 Å². The van der Waals surface area contributed by atoms with Crippen LogP contribution in [0.3, 0.4) is 0 Å². The Bertz CT molecular complexity index is 919. The van der Waals surface area contributed by atoms with Crippen LogP contribution >= 0.6 is 11.3 Å². The molecule has 0 spiro atoms. The molecule has 0 saturated heterocycles. The molecule has 1 amide bonds. The molecule has 3 aromatic rings. The second kappa shape index (κ2) is 7.08. The van der Waals surface area contributed by atoms with Crippen LogP contribution in [0.4, 0.5) is 10.8 Å². The molecular formula is C18H20N4O2S. The van der Waals surface area contributed by atoms with Crippen molar-refractivity contribution in [1.29, 1.82) is 0 Å². The number of thiazole rings is 1. The molecule has 1 heterocycles. The van der Waals surface area contributed by atoms with E-state index in [2.05, 4.69) is 15.7 Å². The molecule has 0 saturated carbocycles. The van der Waals surface area contributed by atoms with Crippen molar-refractivity contribution in [2.75, 3.05) is 17.3 Å². The van der Waals surface area contributed by atoms with Crippen LogP contribution in [-0.4, -0.2) is 17.5 Å². The van der Waals surface area contributed by atoms with Crippen LogP contribution in [0.5, 0.6) is 5.75 Å². The molecule has 4 N–H and O–H groups in total. The maximum atomic E-state index is 12.3. The summed E-state index contributed by atoms with van der Waals surface area (Å²) in [4.78, 5) is 16.7. The number of rotatable bonds is 5. The Kier molecular flexibility index (Phi) is 4.87. The van der Waals surface area contributed by atoms with Crippen molar-refractivity contribution in [3.05, 3.63) is 47.0 Å². The van der Waals surface area contributed by atoms with E-state index in [0.29, 0.717) is 10.9 Å². The van der Waals surface area contributed by atoms with Gasteiger partial charge in [0.2, 0.25) is 0 Å². The van der Waals surface area contributed by atoms with Crippen molar-refractivity contribution in [3.8, 4) is 5.75 Å². The zero-order valence-electron chi connectivity index (χ0n) is 14.3. The number of nitrogen functional groups attached to an aromatic ring is 1. The lowest BCUT2D eigenvalue weighted by atomic mass is 10.1. The largest absolute Gasteiger partial charge is 0.484 e. The summed E-state index contributed by atoms with van der Waals surface area (Å²) in [7, 11) is 0. The number of carbonyl (C=O) groups excluding carboxylic acids is 1. The minimum absolute atomic E-state index is 0.0434. The third kappa shape index (κ3) is 3.72. The lowest BCUT2D eigenvalue weighted by molar-refractivity contribution is -0.118. The van der Waals surface area contributed by atoms with Gasteiger partial charge in [0.15, 0.2) is 11.7 Å². The lowest BCUT2D eigenvalue weighted by Gasteiger charge is -2.13. The fourth-order valence-electron chi connectivity index (χ4n) is 2.60. The molecular weight excluding hydrogens is 336 g/mol. The van der Waals surface area contributed by atoms with E-state index in [9.17, 15) is 4.79 Å². The number of fused-ring (bicyclic) bond motifs is 1. The van der Waals surface area contributed by atoms with Gasteiger partial charge in [-0.1, -0.05) is 29.0 Å². The van der Waals surface area contributed by atoms with Gasteiger partial charge in [-0.3, -0.25) is 10.2 Å². The number of anilines is 2. The maximum absolute atomic E-state index is 12.3. The van der Waals surface area contributed by atoms with Crippen molar-refractivity contribution < 1.29 is 9.53 Å². The lowest BCUT2D eigenvalue weighted by Crippen LogP contribution is -2.21. The predicted octanol–water partition coefficient (Wildman–Crippen LogP) is 3.52. The number of amides is 1. The van der Waals surface area contributed by atoms with E-state index in [-0.39, 0.29) is 12.5 Å². The normalized spacial score (nSPS) is 10.7. The van der Waals surface area contributed by atoms with E-state index in [1.54, 1.807) is 0 Å². The summed E-state index contributed by atoms with van der Waals surface area (Å²) in [5, 5.41) is 3.59. The number of nitrogens with zero attached hydrogens (tertiary/aromatic N) is 1. The van der Waals surface area contributed by atoms with Crippen molar-refractivity contribution in [3.63, 3.8) is 0 Å². The van der Waals surface area contributed by atoms with Gasteiger partial charge in [0.25, 0.3) is 5.91 Å². The Morgan fingerprint density at radius 1 is 1.24 bits per heavy atom. The van der Waals surface area contributed by atoms with E-state index < -0.39 is 0 Å². The van der Waals surface area contributed by atoms with Gasteiger partial charge in [0, 0.05) is 5.69 Å². The number of hydrazine groups is 1. The smallest absolute Gasteiger partial charge is 0.262 e. The molecule has 25 heavy (non-hydrogen) atoms. The summed E-state index contributed by atoms with van der Waals surface area (Å²) in [6, 6.07) is 9.54. The topological polar surface area (TPSA) is 89.3 Å². The van der Waals surface area contributed by atoms with Crippen LogP contribution in [0.15, 0.2) is 30.3 Å². The van der Waals surface area contributed by atoms with Crippen LogP contribution in [0.25, 0.3) is 10.2 Å². The summed E-state index contributed by atoms with van der Waals surface area (Å²) in [6.45, 7) is 5.86. The molecule has 0 atom stereocenters. The monoisotopic (exact) mass is 356 g/mol. The highest BCUT2D eigenvalue weighted by molar-refractivity contribution is 7.22. The molecule has 2 aromatic carbocycles. The summed E-state index contributed by atoms with van der Waals surface area (Å²) in [5.74, 6) is 5.91. The fraction of sp³-hybridized carbons (Fsp3) is 0.222. The highest BCUT2D eigenvalue weighted by Gasteiger charge is 2.14. The first kappa shape index (κ1) is 17.2. The molecule has 6 nitrogen and oxygen atoms in total. The van der Waals surface area contributed by atoms with E-state index in [1.165, 1.54) is 11.3 Å². The molecule has 1 aromatic heterocycles. The summed E-state index contributed by atoms with van der Waals surface area (Å²) < 4.78 is 6.53. The van der Waals surface area contributed by atoms with Gasteiger partial charge < -0.3 is 10.1 Å². The number of carbonyl (C=O) groups is 1. The Labute approximate surface area is 150 Å². The number of benzene rings is 2. The Morgan fingerprint density at radius 2 is 1.96 bits per heavy atom. The number of aromatic nitrogens is 1. The van der Waals surface area contributed by atoms with E-state index >= 15 is 0 Å². The standard InChI is InChI=1S/C18H20N4O2S/c1-10-4-6-13(7-5-10)24-9-15(23)21-16-11(2)8-14-17(12(16)3)25-18(20-14)22-19/h4-8H,9,19H2,1-3H3,(H,20,22)(H,21,23). The zero-order chi connectivity index (χ0) is 18.0. The molecule has 130 valence electrons. The van der Waals surface area contributed by atoms with E-state index in [4.69, 9.17) is 10.6 Å². The first-order valence-electron chi connectivity index (χ1n) is 7.84. The fourth-order valence-corrected chi connectivity index (χ4v) is 3.46. The van der Waals surface area contributed by atoms with Gasteiger partial charge in [-0.2, -0.15) is 0 Å². The molecule has 0 aliphatic carbocycles. The summed E-state index contributed by atoms with van der Waals surface area (Å²) >= 11 is 1.46. The Balaban J connectivity index is 1.75. The molecule has 7 heteroatoms. The summed E-state index contributed by atoms with van der Waals surface area (Å²) in [5.41, 5.74) is 7.28. The minimum Gasteiger partial charge on any atom is -0.484 e. The molecule has 3 rings (SSSR count). The second-order valence-electron chi connectivity index (χ2n) is 5.85. The number of nitrogens with one attached hydrogen (secondary N) is 2. The highest BCUT2D eigenvalue weighted by atomic mass is 32.1. The predicted molar refractivity (Wildman–Crippen MR) is 102 cm³/mol. The van der Waals surface area contributed by atoms with Gasteiger partial charge in [-0.05, 0) is 50.1 Å². The average Bonchev–Trinajstić information content (AvgIpc) is 3.01. The number of aryl methyl sites for hydroxylation is 3. The molecule has 0 fully saturated rings. The minimum atomic E-state index is -0.201. The van der Waals surface area contributed by atoms with Crippen molar-refractivity contribution in [2.24, 2.45) is 5.84 Å². The van der Waals surface area contributed by atoms with Gasteiger partial charge in [0.1, 0.15) is 5.75 Å². The van der Waals surface area contributed by atoms with Crippen LogP contribution in [-0.2, 0) is 4.79 Å². The van der Waals surface area contributed by atoms with Crippen molar-refractivity contribution in [2.45, 2.75) is 20.8 Å². The van der Waals surface area contributed by atoms with Gasteiger partial charge in [-0.25, -0.2) is 10.8 Å². The van der Waals surface area contributed by atoms with E-state index in [1.807, 2.05) is 51.1 Å². The zero-order valence-corrected chi connectivity index (χ0v) is 15.2. The average molecular weight is 356 g/mol. The maximum Gasteiger partial charge on any atom is 0.262 e. The molecule has 0 radical (unpaired) electrons. The van der Waals surface area contributed by atoms with Gasteiger partial charge in [-0.15, -0.1) is 0 Å².